The molecule has 3 aliphatic rings. The summed E-state index contributed by atoms with van der Waals surface area (Å²) < 4.78 is 12.0. The first-order valence-corrected chi connectivity index (χ1v) is 11.9. The molecule has 3 fully saturated rings. The summed E-state index contributed by atoms with van der Waals surface area (Å²) >= 11 is 6.71. The van der Waals surface area contributed by atoms with Crippen LogP contribution in [0.3, 0.4) is 0 Å². The quantitative estimate of drug-likeness (QED) is 0.634. The molecule has 1 amide bonds. The molecule has 31 heavy (non-hydrogen) atoms. The number of carbonyl (C=O) groups is 1. The second-order valence-corrected chi connectivity index (χ2v) is 10.1. The first-order chi connectivity index (χ1) is 15.1. The number of furan rings is 1. The van der Waals surface area contributed by atoms with E-state index >= 15 is 0 Å². The van der Waals surface area contributed by atoms with Crippen molar-refractivity contribution in [2.24, 2.45) is 5.41 Å². The molecule has 2 saturated heterocycles. The van der Waals surface area contributed by atoms with Gasteiger partial charge in [0.05, 0.1) is 36.0 Å². The van der Waals surface area contributed by atoms with Gasteiger partial charge in [-0.25, -0.2) is 0 Å². The van der Waals surface area contributed by atoms with Crippen molar-refractivity contribution in [1.82, 2.24) is 10.2 Å². The van der Waals surface area contributed by atoms with Gasteiger partial charge in [-0.2, -0.15) is 0 Å². The molecular weight excluding hydrogens is 414 g/mol. The number of rotatable bonds is 6. The molecular formula is C24H32ClN3O3. The van der Waals surface area contributed by atoms with Crippen LogP contribution in [0.4, 0.5) is 5.69 Å². The highest BCUT2D eigenvalue weighted by Crippen LogP contribution is 2.47. The minimum Gasteiger partial charge on any atom is -0.459 e. The summed E-state index contributed by atoms with van der Waals surface area (Å²) in [6.45, 7) is 4.71. The van der Waals surface area contributed by atoms with Gasteiger partial charge < -0.3 is 19.8 Å². The van der Waals surface area contributed by atoms with Gasteiger partial charge in [0.15, 0.2) is 0 Å². The van der Waals surface area contributed by atoms with Crippen LogP contribution in [-0.2, 0) is 21.6 Å². The molecule has 3 heterocycles. The molecule has 6 nitrogen and oxygen atoms in total. The van der Waals surface area contributed by atoms with E-state index in [0.717, 1.165) is 92.9 Å². The lowest BCUT2D eigenvalue weighted by atomic mass is 9.75. The largest absolute Gasteiger partial charge is 0.459 e. The van der Waals surface area contributed by atoms with E-state index in [0.29, 0.717) is 10.4 Å². The third kappa shape index (κ3) is 3.73. The van der Waals surface area contributed by atoms with Crippen molar-refractivity contribution in [2.45, 2.75) is 57.0 Å². The van der Waals surface area contributed by atoms with Crippen molar-refractivity contribution >= 4 is 34.7 Å². The highest BCUT2D eigenvalue weighted by molar-refractivity contribution is 6.34. The molecule has 2 aromatic rings. The third-order valence-corrected chi connectivity index (χ3v) is 7.82. The molecule has 0 unspecified atom stereocenters. The van der Waals surface area contributed by atoms with Gasteiger partial charge >= 0.3 is 0 Å². The number of halogens is 1. The molecule has 1 spiro atoms. The van der Waals surface area contributed by atoms with Gasteiger partial charge in [-0.05, 0) is 44.4 Å². The molecule has 7 heteroatoms. The van der Waals surface area contributed by atoms with Crippen LogP contribution in [0.5, 0.6) is 0 Å². The Kier molecular flexibility index (Phi) is 5.65. The maximum absolute atomic E-state index is 11.6. The lowest BCUT2D eigenvalue weighted by Crippen LogP contribution is -2.53. The Morgan fingerprint density at radius 2 is 1.97 bits per heavy atom. The van der Waals surface area contributed by atoms with E-state index in [4.69, 9.17) is 20.8 Å². The zero-order valence-electron chi connectivity index (χ0n) is 18.3. The monoisotopic (exact) mass is 445 g/mol. The average molecular weight is 446 g/mol. The number of piperidine rings is 1. The smallest absolute Gasteiger partial charge is 0.207 e. The van der Waals surface area contributed by atoms with Crippen LogP contribution < -0.4 is 10.6 Å². The van der Waals surface area contributed by atoms with Crippen LogP contribution in [0.2, 0.25) is 5.02 Å². The predicted molar refractivity (Wildman–Crippen MR) is 122 cm³/mol. The Labute approximate surface area is 188 Å². The van der Waals surface area contributed by atoms with Gasteiger partial charge in [-0.3, -0.25) is 9.69 Å². The number of hydrogen-bond donors (Lipinski definition) is 2. The molecule has 1 saturated carbocycles. The van der Waals surface area contributed by atoms with Crippen molar-refractivity contribution < 1.29 is 13.9 Å². The number of nitrogens with one attached hydrogen (secondary N) is 2. The number of ether oxygens (including phenoxy) is 1. The van der Waals surface area contributed by atoms with E-state index in [1.807, 2.05) is 13.1 Å². The summed E-state index contributed by atoms with van der Waals surface area (Å²) in [5.74, 6) is 0.954. The molecule has 5 rings (SSSR count). The fourth-order valence-electron chi connectivity index (χ4n) is 6.01. The zero-order chi connectivity index (χ0) is 21.5. The lowest BCUT2D eigenvalue weighted by Gasteiger charge is -2.48. The van der Waals surface area contributed by atoms with Crippen LogP contribution in [0.15, 0.2) is 16.5 Å². The Bertz CT molecular complexity index is 963. The van der Waals surface area contributed by atoms with Crippen molar-refractivity contribution in [3.63, 3.8) is 0 Å². The van der Waals surface area contributed by atoms with E-state index in [-0.39, 0.29) is 0 Å². The van der Waals surface area contributed by atoms with Gasteiger partial charge in [0.1, 0.15) is 11.3 Å². The minimum absolute atomic E-state index is 0.345. The van der Waals surface area contributed by atoms with Crippen molar-refractivity contribution in [3.05, 3.63) is 28.5 Å². The Morgan fingerprint density at radius 1 is 1.16 bits per heavy atom. The summed E-state index contributed by atoms with van der Waals surface area (Å²) in [5, 5.41) is 8.11. The molecule has 2 N–H and O–H groups in total. The lowest BCUT2D eigenvalue weighted by molar-refractivity contribution is -0.145. The Hall–Kier alpha value is -1.76. The van der Waals surface area contributed by atoms with Crippen LogP contribution in [-0.4, -0.2) is 44.7 Å². The van der Waals surface area contributed by atoms with Gasteiger partial charge in [0, 0.05) is 30.0 Å². The first-order valence-electron chi connectivity index (χ1n) is 11.5. The predicted octanol–water partition coefficient (Wildman–Crippen LogP) is 4.65. The number of hydrogen-bond acceptors (Lipinski definition) is 5. The highest BCUT2D eigenvalue weighted by Gasteiger charge is 2.42. The van der Waals surface area contributed by atoms with Gasteiger partial charge in [0.25, 0.3) is 0 Å². The number of anilines is 1. The molecule has 0 atom stereocenters. The highest BCUT2D eigenvalue weighted by atomic mass is 35.5. The minimum atomic E-state index is -0.449. The van der Waals surface area contributed by atoms with E-state index in [1.54, 1.807) is 0 Å². The number of likely N-dealkylation sites (tertiary alicyclic amines) is 1. The number of benzene rings is 1. The van der Waals surface area contributed by atoms with Crippen molar-refractivity contribution in [1.29, 1.82) is 0 Å². The molecule has 0 radical (unpaired) electrons. The number of fused-ring (bicyclic) bond motifs is 1. The summed E-state index contributed by atoms with van der Waals surface area (Å²) in [5.41, 5.74) is 2.60. The summed E-state index contributed by atoms with van der Waals surface area (Å²) in [7, 11) is 1.88. The molecule has 2 aliphatic heterocycles. The van der Waals surface area contributed by atoms with E-state index < -0.39 is 5.54 Å². The van der Waals surface area contributed by atoms with Gasteiger partial charge in [-0.1, -0.05) is 30.9 Å². The fraction of sp³-hybridized carbons (Fsp3) is 0.625. The van der Waals surface area contributed by atoms with Crippen LogP contribution in [0.25, 0.3) is 11.0 Å². The molecule has 0 bridgehead atoms. The number of carbonyl (C=O) groups excluding carboxylic acids is 1. The zero-order valence-corrected chi connectivity index (χ0v) is 19.0. The summed E-state index contributed by atoms with van der Waals surface area (Å²) in [6, 6.07) is 4.11. The van der Waals surface area contributed by atoms with Gasteiger partial charge in [-0.15, -0.1) is 0 Å². The maximum atomic E-state index is 11.6. The SMILES string of the molecule is CNc1c(Cl)cc2cc(CN3CCCC4(COC4)C3)oc2c1C1(NC=O)CCCCC1. The summed E-state index contributed by atoms with van der Waals surface area (Å²) in [4.78, 5) is 14.1. The van der Waals surface area contributed by atoms with E-state index in [9.17, 15) is 4.79 Å². The van der Waals surface area contributed by atoms with E-state index in [1.165, 1.54) is 19.3 Å². The number of nitrogens with zero attached hydrogens (tertiary/aromatic N) is 1. The maximum Gasteiger partial charge on any atom is 0.207 e. The Morgan fingerprint density at radius 3 is 2.65 bits per heavy atom. The van der Waals surface area contributed by atoms with Crippen LogP contribution in [0, 0.1) is 5.41 Å². The summed E-state index contributed by atoms with van der Waals surface area (Å²) in [6.07, 6.45) is 8.40. The molecule has 1 aliphatic carbocycles. The fourth-order valence-corrected chi connectivity index (χ4v) is 6.31. The van der Waals surface area contributed by atoms with Crippen molar-refractivity contribution in [2.75, 3.05) is 38.7 Å². The van der Waals surface area contributed by atoms with Crippen LogP contribution in [0.1, 0.15) is 56.3 Å². The average Bonchev–Trinajstić information content (AvgIpc) is 3.14. The third-order valence-electron chi connectivity index (χ3n) is 7.52. The van der Waals surface area contributed by atoms with E-state index in [2.05, 4.69) is 21.6 Å². The van der Waals surface area contributed by atoms with Crippen LogP contribution >= 0.6 is 11.6 Å². The topological polar surface area (TPSA) is 66.7 Å². The van der Waals surface area contributed by atoms with Gasteiger partial charge in [0.2, 0.25) is 6.41 Å². The molecule has 1 aromatic carbocycles. The van der Waals surface area contributed by atoms with Crippen molar-refractivity contribution in [3.8, 4) is 0 Å². The number of amides is 1. The molecule has 168 valence electrons. The second kappa shape index (κ2) is 8.30. The second-order valence-electron chi connectivity index (χ2n) is 9.70. The first kappa shape index (κ1) is 21.1. The molecule has 1 aromatic heterocycles. The Balaban J connectivity index is 1.53. The standard InChI is InChI=1S/C24H32ClN3O3/c1-26-21-19(25)11-17-10-18(12-28-9-5-6-23(13-28)14-30-15-23)31-22(17)20(21)24(27-16-29)7-3-2-4-8-24/h10-11,16,26H,2-9,12-15H2,1H3,(H,27,29). The normalized spacial score (nSPS) is 22.9.